The Kier molecular flexibility index (Phi) is 4.87. The third kappa shape index (κ3) is 3.50. The summed E-state index contributed by atoms with van der Waals surface area (Å²) in [6.07, 6.45) is 2.46. The number of hydrogen-bond acceptors (Lipinski definition) is 5. The molecular formula is C20H19F2N5O. The highest BCUT2D eigenvalue weighted by Gasteiger charge is 2.23. The third-order valence-corrected chi connectivity index (χ3v) is 4.98. The number of fused-ring (bicyclic) bond motifs is 1. The number of benzene rings is 2. The average Bonchev–Trinajstić information content (AvgIpc) is 2.65. The van der Waals surface area contributed by atoms with Crippen molar-refractivity contribution in [3.8, 4) is 0 Å². The molecule has 1 aromatic heterocycles. The summed E-state index contributed by atoms with van der Waals surface area (Å²) in [4.78, 5) is 22.4. The van der Waals surface area contributed by atoms with E-state index in [-0.39, 0.29) is 6.04 Å². The first-order valence-corrected chi connectivity index (χ1v) is 9.00. The predicted molar refractivity (Wildman–Crippen MR) is 102 cm³/mol. The summed E-state index contributed by atoms with van der Waals surface area (Å²) in [5.74, 6) is -1.85. The molecule has 8 heteroatoms. The van der Waals surface area contributed by atoms with Crippen molar-refractivity contribution >= 4 is 22.6 Å². The largest absolute Gasteiger partial charge is 0.366 e. The van der Waals surface area contributed by atoms with Crippen molar-refractivity contribution in [2.75, 3.05) is 25.0 Å². The van der Waals surface area contributed by atoms with Gasteiger partial charge in [-0.15, -0.1) is 0 Å². The number of rotatable bonds is 6. The number of aromatic nitrogens is 2. The van der Waals surface area contributed by atoms with Crippen LogP contribution in [0.1, 0.15) is 28.4 Å². The molecule has 0 radical (unpaired) electrons. The number of carbonyl (C=O) groups excluding carboxylic acids is 1. The fourth-order valence-electron chi connectivity index (χ4n) is 3.35. The van der Waals surface area contributed by atoms with Gasteiger partial charge in [-0.05, 0) is 49.3 Å². The normalized spacial score (nSPS) is 15.2. The molecule has 6 nitrogen and oxygen atoms in total. The number of primary amides is 1. The zero-order chi connectivity index (χ0) is 19.7. The number of hydrogen-bond donors (Lipinski definition) is 2. The first-order valence-electron chi connectivity index (χ1n) is 9.00. The minimum absolute atomic E-state index is 0.301. The lowest BCUT2D eigenvalue weighted by atomic mass is 10.0. The van der Waals surface area contributed by atoms with Crippen LogP contribution in [0.25, 0.3) is 10.9 Å². The number of nitrogens with zero attached hydrogens (tertiary/aromatic N) is 3. The zero-order valence-corrected chi connectivity index (χ0v) is 15.0. The van der Waals surface area contributed by atoms with Crippen LogP contribution >= 0.6 is 0 Å². The van der Waals surface area contributed by atoms with E-state index in [1.165, 1.54) is 12.4 Å². The number of anilines is 1. The van der Waals surface area contributed by atoms with Crippen LogP contribution in [0.3, 0.4) is 0 Å². The van der Waals surface area contributed by atoms with Crippen LogP contribution in [0.4, 0.5) is 14.6 Å². The highest BCUT2D eigenvalue weighted by Crippen LogP contribution is 2.28. The van der Waals surface area contributed by atoms with Crippen LogP contribution < -0.4 is 11.1 Å². The number of amides is 1. The molecule has 2 aromatic carbocycles. The van der Waals surface area contributed by atoms with Crippen molar-refractivity contribution in [3.05, 3.63) is 65.5 Å². The quantitative estimate of drug-likeness (QED) is 0.684. The maximum Gasteiger partial charge on any atom is 0.250 e. The van der Waals surface area contributed by atoms with Gasteiger partial charge in [0.15, 0.2) is 11.6 Å². The second kappa shape index (κ2) is 7.47. The smallest absolute Gasteiger partial charge is 0.250 e. The van der Waals surface area contributed by atoms with Crippen LogP contribution in [0.15, 0.2) is 42.7 Å². The Balaban J connectivity index is 1.73. The zero-order valence-electron chi connectivity index (χ0n) is 15.0. The number of nitrogens with one attached hydrogen (secondary N) is 1. The molecule has 28 heavy (non-hydrogen) atoms. The van der Waals surface area contributed by atoms with E-state index < -0.39 is 17.5 Å². The summed E-state index contributed by atoms with van der Waals surface area (Å²) >= 11 is 0. The summed E-state index contributed by atoms with van der Waals surface area (Å²) in [6, 6.07) is 8.67. The van der Waals surface area contributed by atoms with Crippen molar-refractivity contribution in [1.82, 2.24) is 14.9 Å². The second-order valence-corrected chi connectivity index (χ2v) is 6.81. The van der Waals surface area contributed by atoms with Crippen molar-refractivity contribution in [2.45, 2.75) is 12.5 Å². The van der Waals surface area contributed by atoms with Crippen molar-refractivity contribution in [3.63, 3.8) is 0 Å². The standard InChI is InChI=1S/C20H19F2N5O/c21-15-6-5-12(9-16(15)22)17(10-27-7-2-8-27)26-20-14-4-1-3-13(19(23)28)18(14)24-11-25-20/h1,3-6,9,11,17H,2,7-8,10H2,(H2,23,28)(H,24,25,26). The molecule has 144 valence electrons. The van der Waals surface area contributed by atoms with Gasteiger partial charge in [-0.25, -0.2) is 18.7 Å². The lowest BCUT2D eigenvalue weighted by molar-refractivity contribution is 0.100. The fourth-order valence-corrected chi connectivity index (χ4v) is 3.35. The van der Waals surface area contributed by atoms with E-state index in [0.29, 0.717) is 34.4 Å². The Labute approximate surface area is 160 Å². The molecule has 2 heterocycles. The van der Waals surface area contributed by atoms with Gasteiger partial charge in [0.05, 0.1) is 17.1 Å². The average molecular weight is 383 g/mol. The Morgan fingerprint density at radius 3 is 2.68 bits per heavy atom. The minimum atomic E-state index is -0.892. The number of likely N-dealkylation sites (tertiary alicyclic amines) is 1. The third-order valence-electron chi connectivity index (χ3n) is 4.98. The van der Waals surface area contributed by atoms with Gasteiger partial charge >= 0.3 is 0 Å². The van der Waals surface area contributed by atoms with E-state index in [0.717, 1.165) is 25.6 Å². The van der Waals surface area contributed by atoms with Gasteiger partial charge in [0.1, 0.15) is 12.1 Å². The Hall–Kier alpha value is -3.13. The Bertz CT molecular complexity index is 1040. The molecule has 1 aliphatic heterocycles. The molecule has 3 N–H and O–H groups in total. The van der Waals surface area contributed by atoms with Gasteiger partial charge in [0.25, 0.3) is 5.91 Å². The number of para-hydroxylation sites is 1. The maximum absolute atomic E-state index is 13.8. The number of halogens is 2. The van der Waals surface area contributed by atoms with Gasteiger partial charge in [-0.1, -0.05) is 12.1 Å². The minimum Gasteiger partial charge on any atom is -0.366 e. The van der Waals surface area contributed by atoms with Crippen molar-refractivity contribution in [1.29, 1.82) is 0 Å². The summed E-state index contributed by atoms with van der Waals surface area (Å²) in [7, 11) is 0. The van der Waals surface area contributed by atoms with Crippen LogP contribution in [0.2, 0.25) is 0 Å². The summed E-state index contributed by atoms with van der Waals surface area (Å²) < 4.78 is 27.2. The van der Waals surface area contributed by atoms with Gasteiger partial charge in [0.2, 0.25) is 0 Å². The molecule has 1 atom stereocenters. The van der Waals surface area contributed by atoms with Crippen LogP contribution in [-0.2, 0) is 0 Å². The highest BCUT2D eigenvalue weighted by atomic mass is 19.2. The number of nitrogens with two attached hydrogens (primary N) is 1. The van der Waals surface area contributed by atoms with E-state index in [1.54, 1.807) is 24.3 Å². The second-order valence-electron chi connectivity index (χ2n) is 6.81. The molecule has 1 fully saturated rings. The molecule has 1 aliphatic rings. The molecule has 0 aliphatic carbocycles. The van der Waals surface area contributed by atoms with E-state index in [9.17, 15) is 13.6 Å². The van der Waals surface area contributed by atoms with E-state index in [4.69, 9.17) is 5.73 Å². The van der Waals surface area contributed by atoms with E-state index >= 15 is 0 Å². The maximum atomic E-state index is 13.8. The number of carbonyl (C=O) groups is 1. The van der Waals surface area contributed by atoms with Crippen LogP contribution in [-0.4, -0.2) is 40.4 Å². The summed E-state index contributed by atoms with van der Waals surface area (Å²) in [6.45, 7) is 2.53. The van der Waals surface area contributed by atoms with Crippen molar-refractivity contribution < 1.29 is 13.6 Å². The van der Waals surface area contributed by atoms with Crippen LogP contribution in [0.5, 0.6) is 0 Å². The molecule has 0 bridgehead atoms. The Morgan fingerprint density at radius 2 is 2.00 bits per heavy atom. The van der Waals surface area contributed by atoms with Crippen LogP contribution in [0, 0.1) is 11.6 Å². The molecule has 4 rings (SSSR count). The topological polar surface area (TPSA) is 84.1 Å². The van der Waals surface area contributed by atoms with Gasteiger partial charge < -0.3 is 16.0 Å². The van der Waals surface area contributed by atoms with E-state index in [1.807, 2.05) is 0 Å². The lowest BCUT2D eigenvalue weighted by Gasteiger charge is -2.34. The molecule has 1 unspecified atom stereocenters. The highest BCUT2D eigenvalue weighted by molar-refractivity contribution is 6.06. The lowest BCUT2D eigenvalue weighted by Crippen LogP contribution is -2.41. The SMILES string of the molecule is NC(=O)c1cccc2c(NC(CN3CCC3)c3ccc(F)c(F)c3)ncnc12. The first kappa shape index (κ1) is 18.2. The monoisotopic (exact) mass is 383 g/mol. The van der Waals surface area contributed by atoms with E-state index in [2.05, 4.69) is 20.2 Å². The predicted octanol–water partition coefficient (Wildman–Crippen LogP) is 2.87. The first-order chi connectivity index (χ1) is 13.5. The summed E-state index contributed by atoms with van der Waals surface area (Å²) in [5.41, 5.74) is 6.80. The van der Waals surface area contributed by atoms with Crippen molar-refractivity contribution in [2.24, 2.45) is 5.73 Å². The van der Waals surface area contributed by atoms with Gasteiger partial charge in [-0.3, -0.25) is 4.79 Å². The molecule has 1 saturated heterocycles. The summed E-state index contributed by atoms with van der Waals surface area (Å²) in [5, 5.41) is 3.95. The van der Waals surface area contributed by atoms with Gasteiger partial charge in [-0.2, -0.15) is 0 Å². The Morgan fingerprint density at radius 1 is 1.18 bits per heavy atom. The molecule has 1 amide bonds. The molecular weight excluding hydrogens is 364 g/mol. The molecule has 0 spiro atoms. The van der Waals surface area contributed by atoms with Gasteiger partial charge in [0, 0.05) is 11.9 Å². The molecule has 0 saturated carbocycles. The fraction of sp³-hybridized carbons (Fsp3) is 0.250. The molecule has 3 aromatic rings.